The second-order valence-electron chi connectivity index (χ2n) is 5.92. The highest BCUT2D eigenvalue weighted by atomic mass is 79.9. The number of benzene rings is 2. The molecule has 9 heteroatoms. The van der Waals surface area contributed by atoms with Crippen LogP contribution in [0.25, 0.3) is 6.08 Å². The summed E-state index contributed by atoms with van der Waals surface area (Å²) >= 11 is 8.19. The molecule has 1 saturated heterocycles. The van der Waals surface area contributed by atoms with E-state index in [2.05, 4.69) is 36.9 Å². The molecule has 0 aromatic heterocycles. The molecule has 0 bridgehead atoms. The molecule has 0 spiro atoms. The van der Waals surface area contributed by atoms with E-state index in [-0.39, 0.29) is 11.5 Å². The third-order valence-corrected chi connectivity index (χ3v) is 6.12. The average molecular weight is 540 g/mol. The fourth-order valence-electron chi connectivity index (χ4n) is 2.70. The monoisotopic (exact) mass is 538 g/mol. The van der Waals surface area contributed by atoms with Gasteiger partial charge in [0.15, 0.2) is 5.17 Å². The zero-order valence-corrected chi connectivity index (χ0v) is 19.5. The Kier molecular flexibility index (Phi) is 6.81. The lowest BCUT2D eigenvalue weighted by Gasteiger charge is -2.12. The molecule has 150 valence electrons. The summed E-state index contributed by atoms with van der Waals surface area (Å²) in [5.41, 5.74) is 1.52. The van der Waals surface area contributed by atoms with E-state index in [0.29, 0.717) is 28.1 Å². The summed E-state index contributed by atoms with van der Waals surface area (Å²) in [5, 5.41) is 9.56. The molecule has 0 aliphatic carbocycles. The molecule has 6 nitrogen and oxygen atoms in total. The van der Waals surface area contributed by atoms with Gasteiger partial charge in [-0.3, -0.25) is 9.69 Å². The summed E-state index contributed by atoms with van der Waals surface area (Å²) in [4.78, 5) is 30.5. The highest BCUT2D eigenvalue weighted by Gasteiger charge is 2.32. The molecule has 1 aliphatic heterocycles. The molecule has 2 aromatic rings. The Morgan fingerprint density at radius 2 is 1.97 bits per heavy atom. The van der Waals surface area contributed by atoms with Crippen molar-refractivity contribution < 1.29 is 19.4 Å². The number of ether oxygens (including phenoxy) is 1. The molecule has 0 atom stereocenters. The van der Waals surface area contributed by atoms with Crippen LogP contribution in [-0.2, 0) is 4.79 Å². The third-order valence-electron chi connectivity index (χ3n) is 4.07. The second kappa shape index (κ2) is 9.15. The van der Waals surface area contributed by atoms with Gasteiger partial charge < -0.3 is 9.84 Å². The zero-order valence-electron chi connectivity index (χ0n) is 15.5. The van der Waals surface area contributed by atoms with Gasteiger partial charge in [0.05, 0.1) is 27.7 Å². The van der Waals surface area contributed by atoms with E-state index in [1.165, 1.54) is 23.9 Å². The summed E-state index contributed by atoms with van der Waals surface area (Å²) in [6.07, 6.45) is 1.78. The van der Waals surface area contributed by atoms with Gasteiger partial charge in [0.1, 0.15) is 5.75 Å². The molecule has 0 saturated carbocycles. The second-order valence-corrected chi connectivity index (χ2v) is 8.70. The first kappa shape index (κ1) is 21.6. The number of aliphatic imine (C=N–C) groups is 1. The molecule has 1 N–H and O–H groups in total. The summed E-state index contributed by atoms with van der Waals surface area (Å²) in [5.74, 6) is -0.507. The number of carboxylic acid groups (broad SMARTS) is 1. The Morgan fingerprint density at radius 3 is 2.55 bits per heavy atom. The molecule has 2 aromatic carbocycles. The van der Waals surface area contributed by atoms with Gasteiger partial charge >= 0.3 is 5.97 Å². The molecule has 0 radical (unpaired) electrons. The Hall–Kier alpha value is -2.10. The molecule has 0 unspecified atom stereocenters. The lowest BCUT2D eigenvalue weighted by Crippen LogP contribution is -2.28. The van der Waals surface area contributed by atoms with Crippen LogP contribution in [0.4, 0.5) is 5.69 Å². The van der Waals surface area contributed by atoms with E-state index in [0.717, 1.165) is 14.5 Å². The maximum absolute atomic E-state index is 12.9. The quantitative estimate of drug-likeness (QED) is 0.504. The number of rotatable bonds is 5. The van der Waals surface area contributed by atoms with Crippen molar-refractivity contribution in [1.82, 2.24) is 4.90 Å². The predicted molar refractivity (Wildman–Crippen MR) is 122 cm³/mol. The number of hydrogen-bond acceptors (Lipinski definition) is 5. The van der Waals surface area contributed by atoms with Crippen LogP contribution in [-0.4, -0.2) is 40.7 Å². The minimum absolute atomic E-state index is 0.142. The summed E-state index contributed by atoms with van der Waals surface area (Å²) in [6, 6.07) is 9.95. The normalized spacial score (nSPS) is 16.7. The first-order valence-corrected chi connectivity index (χ1v) is 10.9. The van der Waals surface area contributed by atoms with Crippen molar-refractivity contribution >= 4 is 72.4 Å². The van der Waals surface area contributed by atoms with Crippen LogP contribution in [0.5, 0.6) is 5.75 Å². The van der Waals surface area contributed by atoms with E-state index in [4.69, 9.17) is 9.84 Å². The van der Waals surface area contributed by atoms with Gasteiger partial charge in [0, 0.05) is 16.6 Å². The maximum atomic E-state index is 12.9. The van der Waals surface area contributed by atoms with Crippen molar-refractivity contribution in [2.75, 3.05) is 13.7 Å². The van der Waals surface area contributed by atoms with Crippen LogP contribution in [0.15, 0.2) is 55.2 Å². The number of amidine groups is 1. The topological polar surface area (TPSA) is 79.2 Å². The van der Waals surface area contributed by atoms with Crippen LogP contribution in [0.2, 0.25) is 0 Å². The number of likely N-dealkylation sites (N-methyl/N-ethyl adjacent to an activating group) is 1. The molecule has 1 heterocycles. The molecular formula is C20H16Br2N2O4S. The van der Waals surface area contributed by atoms with Gasteiger partial charge in [-0.15, -0.1) is 0 Å². The molecule has 1 aliphatic rings. The lowest BCUT2D eigenvalue weighted by atomic mass is 10.2. The molecule has 1 amide bonds. The van der Waals surface area contributed by atoms with Gasteiger partial charge in [0.2, 0.25) is 0 Å². The fourth-order valence-corrected chi connectivity index (χ4v) is 5.18. The number of carbonyl (C=O) groups excluding carboxylic acids is 1. The molecule has 29 heavy (non-hydrogen) atoms. The average Bonchev–Trinajstić information content (AvgIpc) is 2.96. The highest BCUT2D eigenvalue weighted by molar-refractivity contribution is 9.11. The largest absolute Gasteiger partial charge is 0.495 e. The maximum Gasteiger partial charge on any atom is 0.335 e. The van der Waals surface area contributed by atoms with Crippen molar-refractivity contribution in [3.05, 3.63) is 61.4 Å². The van der Waals surface area contributed by atoms with Gasteiger partial charge in [-0.05, 0) is 77.1 Å². The van der Waals surface area contributed by atoms with Crippen molar-refractivity contribution in [2.45, 2.75) is 6.92 Å². The van der Waals surface area contributed by atoms with E-state index in [1.807, 2.05) is 19.1 Å². The van der Waals surface area contributed by atoms with E-state index in [1.54, 1.807) is 30.2 Å². The SMILES string of the molecule is CCN1C(=O)C(=Cc2cc(Br)cc(Br)c2OC)SC1=Nc1ccc(C(=O)O)cc1. The number of hydrogen-bond donors (Lipinski definition) is 1. The molecule has 3 rings (SSSR count). The Morgan fingerprint density at radius 1 is 1.28 bits per heavy atom. The molecular weight excluding hydrogens is 524 g/mol. The minimum Gasteiger partial charge on any atom is -0.495 e. The Bertz CT molecular complexity index is 1040. The predicted octanol–water partition coefficient (Wildman–Crippen LogP) is 5.54. The minimum atomic E-state index is -0.996. The van der Waals surface area contributed by atoms with Gasteiger partial charge in [-0.2, -0.15) is 0 Å². The fraction of sp³-hybridized carbons (Fsp3) is 0.150. The Labute approximate surface area is 188 Å². The van der Waals surface area contributed by atoms with Gasteiger partial charge in [-0.1, -0.05) is 15.9 Å². The number of carbonyl (C=O) groups is 2. The van der Waals surface area contributed by atoms with Crippen molar-refractivity contribution in [2.24, 2.45) is 4.99 Å². The standard InChI is InChI=1S/C20H16Br2N2O4S/c1-3-24-18(25)16(9-12-8-13(21)10-15(22)17(12)28-2)29-20(24)23-14-6-4-11(5-7-14)19(26)27/h4-10H,3H2,1-2H3,(H,26,27). The molecule has 1 fully saturated rings. The van der Waals surface area contributed by atoms with Crippen molar-refractivity contribution in [3.8, 4) is 5.75 Å². The van der Waals surface area contributed by atoms with Crippen molar-refractivity contribution in [3.63, 3.8) is 0 Å². The summed E-state index contributed by atoms with van der Waals surface area (Å²) < 4.78 is 7.09. The van der Waals surface area contributed by atoms with Crippen molar-refractivity contribution in [1.29, 1.82) is 0 Å². The zero-order chi connectivity index (χ0) is 21.1. The third kappa shape index (κ3) is 4.73. The number of halogens is 2. The smallest absolute Gasteiger partial charge is 0.335 e. The lowest BCUT2D eigenvalue weighted by molar-refractivity contribution is -0.122. The van der Waals surface area contributed by atoms with Crippen LogP contribution >= 0.6 is 43.6 Å². The summed E-state index contributed by atoms with van der Waals surface area (Å²) in [6.45, 7) is 2.34. The number of nitrogens with zero attached hydrogens (tertiary/aromatic N) is 2. The highest BCUT2D eigenvalue weighted by Crippen LogP contribution is 2.38. The van der Waals surface area contributed by atoms with E-state index < -0.39 is 5.97 Å². The van der Waals surface area contributed by atoms with Gasteiger partial charge in [-0.25, -0.2) is 9.79 Å². The van der Waals surface area contributed by atoms with Crippen LogP contribution in [0.1, 0.15) is 22.8 Å². The number of aromatic carboxylic acids is 1. The number of carboxylic acids is 1. The van der Waals surface area contributed by atoms with E-state index in [9.17, 15) is 9.59 Å². The number of amides is 1. The Balaban J connectivity index is 1.97. The van der Waals surface area contributed by atoms with Crippen LogP contribution < -0.4 is 4.74 Å². The van der Waals surface area contributed by atoms with Crippen LogP contribution in [0.3, 0.4) is 0 Å². The number of thioether (sulfide) groups is 1. The number of methoxy groups -OCH3 is 1. The first-order valence-electron chi connectivity index (χ1n) is 8.50. The first-order chi connectivity index (χ1) is 13.8. The van der Waals surface area contributed by atoms with Crippen LogP contribution in [0, 0.1) is 0 Å². The van der Waals surface area contributed by atoms with E-state index >= 15 is 0 Å². The summed E-state index contributed by atoms with van der Waals surface area (Å²) in [7, 11) is 1.58. The van der Waals surface area contributed by atoms with Gasteiger partial charge in [0.25, 0.3) is 5.91 Å².